The molecule has 1 fully saturated rings. The van der Waals surface area contributed by atoms with E-state index in [0.29, 0.717) is 18.7 Å². The first-order chi connectivity index (χ1) is 12.5. The van der Waals surface area contributed by atoms with Gasteiger partial charge < -0.3 is 14.7 Å². The highest BCUT2D eigenvalue weighted by Crippen LogP contribution is 2.48. The van der Waals surface area contributed by atoms with Crippen LogP contribution in [0, 0.1) is 11.8 Å². The molecular weight excluding hydrogens is 328 g/mol. The summed E-state index contributed by atoms with van der Waals surface area (Å²) in [5.41, 5.74) is 2.37. The average molecular weight is 348 g/mol. The molecule has 26 heavy (non-hydrogen) atoms. The summed E-state index contributed by atoms with van der Waals surface area (Å²) in [6, 6.07) is 10.1. The fraction of sp³-hybridized carbons (Fsp3) is 0.333. The summed E-state index contributed by atoms with van der Waals surface area (Å²) in [7, 11) is 0. The van der Waals surface area contributed by atoms with E-state index in [9.17, 15) is 9.90 Å². The lowest BCUT2D eigenvalue weighted by Crippen LogP contribution is -2.55. The van der Waals surface area contributed by atoms with E-state index in [1.165, 1.54) is 0 Å². The minimum absolute atomic E-state index is 0.00562. The van der Waals surface area contributed by atoms with Crippen LogP contribution in [0.3, 0.4) is 0 Å². The normalized spacial score (nSPS) is 29.8. The van der Waals surface area contributed by atoms with E-state index in [0.717, 1.165) is 27.9 Å². The SMILES string of the molecule is C=C1OCC2C(=O)N3Cc4cc5ccccc5nc4C3=CC2[C@@]1(O)CC. The highest BCUT2D eigenvalue weighted by Gasteiger charge is 2.53. The lowest BCUT2D eigenvalue weighted by Gasteiger charge is -2.46. The van der Waals surface area contributed by atoms with Crippen LogP contribution < -0.4 is 0 Å². The van der Waals surface area contributed by atoms with Gasteiger partial charge in [0.1, 0.15) is 18.0 Å². The number of pyridine rings is 1. The molecule has 0 saturated carbocycles. The van der Waals surface area contributed by atoms with Gasteiger partial charge >= 0.3 is 0 Å². The first-order valence-electron chi connectivity index (χ1n) is 8.99. The highest BCUT2D eigenvalue weighted by atomic mass is 16.5. The number of amides is 1. The maximum Gasteiger partial charge on any atom is 0.234 e. The van der Waals surface area contributed by atoms with E-state index in [1.807, 2.05) is 37.3 Å². The zero-order chi connectivity index (χ0) is 18.1. The fourth-order valence-corrected chi connectivity index (χ4v) is 4.47. The van der Waals surface area contributed by atoms with Crippen molar-refractivity contribution in [3.63, 3.8) is 0 Å². The molecule has 1 saturated heterocycles. The number of ether oxygens (including phenoxy) is 1. The Morgan fingerprint density at radius 1 is 1.42 bits per heavy atom. The van der Waals surface area contributed by atoms with E-state index in [-0.39, 0.29) is 18.4 Å². The second-order valence-corrected chi connectivity index (χ2v) is 7.31. The largest absolute Gasteiger partial charge is 0.495 e. The van der Waals surface area contributed by atoms with Gasteiger partial charge in [-0.05, 0) is 18.6 Å². The van der Waals surface area contributed by atoms with Gasteiger partial charge in [-0.15, -0.1) is 0 Å². The molecule has 5 rings (SSSR count). The molecule has 2 unspecified atom stereocenters. The van der Waals surface area contributed by atoms with Crippen molar-refractivity contribution in [2.24, 2.45) is 11.8 Å². The predicted molar refractivity (Wildman–Crippen MR) is 97.6 cm³/mol. The van der Waals surface area contributed by atoms with Gasteiger partial charge in [-0.3, -0.25) is 4.79 Å². The van der Waals surface area contributed by atoms with Gasteiger partial charge in [-0.2, -0.15) is 0 Å². The Morgan fingerprint density at radius 2 is 2.23 bits per heavy atom. The van der Waals surface area contributed by atoms with Gasteiger partial charge in [0.05, 0.1) is 29.4 Å². The van der Waals surface area contributed by atoms with Crippen molar-refractivity contribution < 1.29 is 14.6 Å². The van der Waals surface area contributed by atoms with Crippen LogP contribution in [0.15, 0.2) is 48.7 Å². The molecule has 1 aromatic heterocycles. The van der Waals surface area contributed by atoms with E-state index < -0.39 is 11.5 Å². The lowest BCUT2D eigenvalue weighted by atomic mass is 9.71. The average Bonchev–Trinajstić information content (AvgIpc) is 3.01. The topological polar surface area (TPSA) is 62.7 Å². The fourth-order valence-electron chi connectivity index (χ4n) is 4.47. The van der Waals surface area contributed by atoms with Crippen molar-refractivity contribution in [2.45, 2.75) is 25.5 Å². The van der Waals surface area contributed by atoms with E-state index >= 15 is 0 Å². The molecule has 1 amide bonds. The number of aromatic nitrogens is 1. The molecule has 1 N–H and O–H groups in total. The molecule has 4 heterocycles. The molecule has 132 valence electrons. The van der Waals surface area contributed by atoms with Crippen LogP contribution in [0.2, 0.25) is 0 Å². The number of rotatable bonds is 1. The third-order valence-corrected chi connectivity index (χ3v) is 6.03. The lowest BCUT2D eigenvalue weighted by molar-refractivity contribution is -0.150. The van der Waals surface area contributed by atoms with Crippen LogP contribution >= 0.6 is 0 Å². The number of fused-ring (bicyclic) bond motifs is 5. The van der Waals surface area contributed by atoms with E-state index in [1.54, 1.807) is 4.90 Å². The number of nitrogens with zero attached hydrogens (tertiary/aromatic N) is 2. The number of carbonyl (C=O) groups is 1. The number of hydrogen-bond donors (Lipinski definition) is 1. The molecular formula is C21H20N2O3. The summed E-state index contributed by atoms with van der Waals surface area (Å²) in [6.45, 7) is 6.55. The first kappa shape index (κ1) is 15.6. The molecule has 3 aliphatic heterocycles. The molecule has 1 aromatic carbocycles. The summed E-state index contributed by atoms with van der Waals surface area (Å²) in [4.78, 5) is 19.7. The van der Waals surface area contributed by atoms with Crippen LogP contribution in [0.25, 0.3) is 16.6 Å². The standard InChI is InChI=1S/C21H20N2O3/c1-3-21(25)12(2)26-11-15-16(21)9-18-19-14(10-23(18)20(15)24)8-13-6-4-5-7-17(13)22-19/h4-9,15-16,25H,2-3,10-11H2,1H3/t15?,16?,21-/m1/s1. The summed E-state index contributed by atoms with van der Waals surface area (Å²) < 4.78 is 5.58. The Bertz CT molecular complexity index is 996. The summed E-state index contributed by atoms with van der Waals surface area (Å²) >= 11 is 0. The third kappa shape index (κ3) is 1.89. The van der Waals surface area contributed by atoms with Crippen molar-refractivity contribution in [1.82, 2.24) is 9.88 Å². The van der Waals surface area contributed by atoms with Gasteiger partial charge in [0.2, 0.25) is 5.91 Å². The van der Waals surface area contributed by atoms with Crippen molar-refractivity contribution in [2.75, 3.05) is 6.61 Å². The molecule has 5 heteroatoms. The number of para-hydroxylation sites is 1. The molecule has 0 spiro atoms. The van der Waals surface area contributed by atoms with Crippen LogP contribution in [-0.4, -0.2) is 33.1 Å². The molecule has 3 atom stereocenters. The first-order valence-corrected chi connectivity index (χ1v) is 8.99. The van der Waals surface area contributed by atoms with Crippen molar-refractivity contribution in [3.05, 3.63) is 60.0 Å². The van der Waals surface area contributed by atoms with Crippen molar-refractivity contribution in [3.8, 4) is 0 Å². The van der Waals surface area contributed by atoms with E-state index in [4.69, 9.17) is 9.72 Å². The zero-order valence-electron chi connectivity index (χ0n) is 14.6. The Kier molecular flexibility index (Phi) is 3.10. The van der Waals surface area contributed by atoms with Crippen LogP contribution in [-0.2, 0) is 16.1 Å². The monoisotopic (exact) mass is 348 g/mol. The van der Waals surface area contributed by atoms with Crippen molar-refractivity contribution >= 4 is 22.5 Å². The zero-order valence-corrected chi connectivity index (χ0v) is 14.6. The minimum atomic E-state index is -1.22. The van der Waals surface area contributed by atoms with Crippen LogP contribution in [0.4, 0.5) is 0 Å². The van der Waals surface area contributed by atoms with Crippen molar-refractivity contribution in [1.29, 1.82) is 0 Å². The Labute approximate surface area is 151 Å². The van der Waals surface area contributed by atoms with Crippen LogP contribution in [0.1, 0.15) is 24.6 Å². The second kappa shape index (κ2) is 5.17. The highest BCUT2D eigenvalue weighted by molar-refractivity contribution is 5.95. The summed E-state index contributed by atoms with van der Waals surface area (Å²) in [5.74, 6) is -0.386. The minimum Gasteiger partial charge on any atom is -0.495 e. The van der Waals surface area contributed by atoms with Gasteiger partial charge in [0.25, 0.3) is 0 Å². The summed E-state index contributed by atoms with van der Waals surface area (Å²) in [5, 5.41) is 12.2. The Morgan fingerprint density at radius 3 is 3.04 bits per heavy atom. The number of carbonyl (C=O) groups excluding carboxylic acids is 1. The Hall–Kier alpha value is -2.66. The molecule has 0 radical (unpaired) electrons. The summed E-state index contributed by atoms with van der Waals surface area (Å²) in [6.07, 6.45) is 2.46. The number of hydrogen-bond acceptors (Lipinski definition) is 4. The van der Waals surface area contributed by atoms with Gasteiger partial charge in [0, 0.05) is 16.9 Å². The third-order valence-electron chi connectivity index (χ3n) is 6.03. The molecule has 3 aliphatic rings. The van der Waals surface area contributed by atoms with Gasteiger partial charge in [-0.25, -0.2) is 4.98 Å². The second-order valence-electron chi connectivity index (χ2n) is 7.31. The molecule has 0 aliphatic carbocycles. The molecule has 2 aromatic rings. The smallest absolute Gasteiger partial charge is 0.234 e. The predicted octanol–water partition coefficient (Wildman–Crippen LogP) is 2.85. The molecule has 5 nitrogen and oxygen atoms in total. The molecule has 0 bridgehead atoms. The van der Waals surface area contributed by atoms with Crippen LogP contribution in [0.5, 0.6) is 0 Å². The van der Waals surface area contributed by atoms with Gasteiger partial charge in [-0.1, -0.05) is 37.8 Å². The maximum atomic E-state index is 13.1. The van der Waals surface area contributed by atoms with Gasteiger partial charge in [0.15, 0.2) is 0 Å². The van der Waals surface area contributed by atoms with E-state index in [2.05, 4.69) is 12.6 Å². The maximum absolute atomic E-state index is 13.1. The number of aliphatic hydroxyl groups is 1. The quantitative estimate of drug-likeness (QED) is 0.861. The number of benzene rings is 1. The Balaban J connectivity index is 1.69.